The van der Waals surface area contributed by atoms with E-state index in [1.807, 2.05) is 13.2 Å². The van der Waals surface area contributed by atoms with Crippen LogP contribution in [-0.2, 0) is 4.74 Å². The summed E-state index contributed by atoms with van der Waals surface area (Å²) in [5.41, 5.74) is 6.74. The first-order valence-corrected chi connectivity index (χ1v) is 9.19. The predicted octanol–water partition coefficient (Wildman–Crippen LogP) is 2.37. The van der Waals surface area contributed by atoms with Crippen LogP contribution >= 0.6 is 23.1 Å². The van der Waals surface area contributed by atoms with Gasteiger partial charge in [-0.1, -0.05) is 0 Å². The maximum Gasteiger partial charge on any atom is 0.350 e. The second-order valence-corrected chi connectivity index (χ2v) is 6.86. The molecule has 0 spiro atoms. The maximum absolute atomic E-state index is 12.0. The van der Waals surface area contributed by atoms with Crippen molar-refractivity contribution in [1.29, 1.82) is 0 Å². The van der Waals surface area contributed by atoms with Gasteiger partial charge in [0.05, 0.1) is 17.2 Å². The highest BCUT2D eigenvalue weighted by Crippen LogP contribution is 2.44. The van der Waals surface area contributed by atoms with Crippen LogP contribution in [0, 0.1) is 0 Å². The van der Waals surface area contributed by atoms with Crippen LogP contribution in [0.4, 0.5) is 10.7 Å². The number of nitrogens with zero attached hydrogens (tertiary/aromatic N) is 2. The lowest BCUT2D eigenvalue weighted by Gasteiger charge is -2.22. The first-order valence-electron chi connectivity index (χ1n) is 7.15. The number of likely N-dealkylation sites (N-methyl/N-ethyl adjacent to an activating group) is 1. The quantitative estimate of drug-likeness (QED) is 0.676. The van der Waals surface area contributed by atoms with Crippen LogP contribution in [-0.4, -0.2) is 57.0 Å². The molecule has 1 saturated heterocycles. The molecule has 0 aromatic carbocycles. The molecule has 1 fully saturated rings. The number of nitrogen functional groups attached to an aromatic ring is 1. The van der Waals surface area contributed by atoms with Gasteiger partial charge < -0.3 is 20.3 Å². The fourth-order valence-corrected chi connectivity index (χ4v) is 4.55. The van der Waals surface area contributed by atoms with Crippen LogP contribution in [0.2, 0.25) is 0 Å². The van der Waals surface area contributed by atoms with Gasteiger partial charge in [-0.3, -0.25) is 0 Å². The van der Waals surface area contributed by atoms with E-state index in [0.29, 0.717) is 17.2 Å². The first kappa shape index (κ1) is 16.5. The maximum atomic E-state index is 12.0. The Labute approximate surface area is 134 Å². The van der Waals surface area contributed by atoms with Crippen LogP contribution in [0.5, 0.6) is 0 Å². The molecule has 0 aliphatic carbocycles. The molecule has 0 atom stereocenters. The molecule has 1 aliphatic rings. The van der Waals surface area contributed by atoms with Gasteiger partial charge in [-0.05, 0) is 33.2 Å². The number of rotatable bonds is 4. The monoisotopic (exact) mass is 329 g/mol. The zero-order valence-corrected chi connectivity index (χ0v) is 14.5. The normalized spacial score (nSPS) is 16.8. The molecular formula is C14H23N3O2S2. The zero-order valence-electron chi connectivity index (χ0n) is 12.8. The second kappa shape index (κ2) is 7.38. The summed E-state index contributed by atoms with van der Waals surface area (Å²) in [7, 11) is 2.14. The SMILES string of the molecule is CCOC(=O)c1sc(N2CCCN(C)CC2)c(SC)c1N. The highest BCUT2D eigenvalue weighted by molar-refractivity contribution is 7.99. The van der Waals surface area contributed by atoms with Crippen molar-refractivity contribution >= 4 is 39.8 Å². The third-order valence-electron chi connectivity index (χ3n) is 3.55. The van der Waals surface area contributed by atoms with Gasteiger partial charge in [0, 0.05) is 19.6 Å². The number of thiophene rings is 1. The van der Waals surface area contributed by atoms with Gasteiger partial charge in [0.25, 0.3) is 0 Å². The average molecular weight is 329 g/mol. The van der Waals surface area contributed by atoms with E-state index in [1.54, 1.807) is 11.8 Å². The van der Waals surface area contributed by atoms with E-state index < -0.39 is 0 Å². The van der Waals surface area contributed by atoms with Crippen molar-refractivity contribution in [3.63, 3.8) is 0 Å². The van der Waals surface area contributed by atoms with Crippen LogP contribution in [0.15, 0.2) is 4.90 Å². The van der Waals surface area contributed by atoms with E-state index in [1.165, 1.54) is 11.3 Å². The van der Waals surface area contributed by atoms with Crippen molar-refractivity contribution in [3.05, 3.63) is 4.88 Å². The molecule has 1 aromatic heterocycles. The summed E-state index contributed by atoms with van der Waals surface area (Å²) in [6.45, 7) is 6.28. The van der Waals surface area contributed by atoms with Crippen molar-refractivity contribution < 1.29 is 9.53 Å². The molecule has 0 radical (unpaired) electrons. The molecule has 118 valence electrons. The predicted molar refractivity (Wildman–Crippen MR) is 90.8 cm³/mol. The van der Waals surface area contributed by atoms with Crippen molar-refractivity contribution in [2.24, 2.45) is 0 Å². The largest absolute Gasteiger partial charge is 0.462 e. The molecule has 0 amide bonds. The minimum atomic E-state index is -0.312. The number of esters is 1. The Morgan fingerprint density at radius 2 is 2.14 bits per heavy atom. The van der Waals surface area contributed by atoms with E-state index >= 15 is 0 Å². The summed E-state index contributed by atoms with van der Waals surface area (Å²) < 4.78 is 5.11. The molecule has 5 nitrogen and oxygen atoms in total. The second-order valence-electron chi connectivity index (χ2n) is 5.05. The van der Waals surface area contributed by atoms with E-state index in [2.05, 4.69) is 16.8 Å². The van der Waals surface area contributed by atoms with Crippen molar-refractivity contribution in [2.45, 2.75) is 18.2 Å². The van der Waals surface area contributed by atoms with Crippen molar-refractivity contribution in [3.8, 4) is 0 Å². The average Bonchev–Trinajstić information content (AvgIpc) is 2.63. The highest BCUT2D eigenvalue weighted by Gasteiger charge is 2.25. The molecule has 0 bridgehead atoms. The molecule has 21 heavy (non-hydrogen) atoms. The summed E-state index contributed by atoms with van der Waals surface area (Å²) in [6.07, 6.45) is 3.12. The summed E-state index contributed by atoms with van der Waals surface area (Å²) in [5, 5.41) is 1.11. The summed E-state index contributed by atoms with van der Waals surface area (Å²) >= 11 is 3.06. The molecule has 1 aliphatic heterocycles. The summed E-state index contributed by atoms with van der Waals surface area (Å²) in [5.74, 6) is -0.312. The highest BCUT2D eigenvalue weighted by atomic mass is 32.2. The minimum Gasteiger partial charge on any atom is -0.462 e. The Bertz CT molecular complexity index is 505. The molecule has 7 heteroatoms. The van der Waals surface area contributed by atoms with E-state index in [-0.39, 0.29) is 5.97 Å². The molecule has 0 saturated carbocycles. The first-order chi connectivity index (χ1) is 10.1. The van der Waals surface area contributed by atoms with Crippen LogP contribution in [0.25, 0.3) is 0 Å². The number of hydrogen-bond acceptors (Lipinski definition) is 7. The third-order valence-corrected chi connectivity index (χ3v) is 5.75. The van der Waals surface area contributed by atoms with Gasteiger partial charge in [-0.15, -0.1) is 23.1 Å². The fraction of sp³-hybridized carbons (Fsp3) is 0.643. The lowest BCUT2D eigenvalue weighted by molar-refractivity contribution is 0.0533. The summed E-state index contributed by atoms with van der Waals surface area (Å²) in [4.78, 5) is 18.2. The third kappa shape index (κ3) is 3.64. The van der Waals surface area contributed by atoms with Gasteiger partial charge in [0.1, 0.15) is 9.88 Å². The van der Waals surface area contributed by atoms with Gasteiger partial charge in [-0.25, -0.2) is 4.79 Å². The van der Waals surface area contributed by atoms with Gasteiger partial charge in [-0.2, -0.15) is 0 Å². The summed E-state index contributed by atoms with van der Waals surface area (Å²) in [6, 6.07) is 0. The van der Waals surface area contributed by atoms with Crippen LogP contribution in [0.3, 0.4) is 0 Å². The van der Waals surface area contributed by atoms with Gasteiger partial charge >= 0.3 is 5.97 Å². The number of hydrogen-bond donors (Lipinski definition) is 1. The molecule has 2 heterocycles. The number of carbonyl (C=O) groups excluding carboxylic acids is 1. The van der Waals surface area contributed by atoms with Crippen molar-refractivity contribution in [1.82, 2.24) is 4.90 Å². The number of thioether (sulfide) groups is 1. The van der Waals surface area contributed by atoms with Crippen molar-refractivity contribution in [2.75, 3.05) is 56.7 Å². The fourth-order valence-electron chi connectivity index (χ4n) is 2.42. The number of ether oxygens (including phenoxy) is 1. The molecule has 0 unspecified atom stereocenters. The number of carbonyl (C=O) groups is 1. The number of nitrogens with two attached hydrogens (primary N) is 1. The van der Waals surface area contributed by atoms with Gasteiger partial charge in [0.15, 0.2) is 0 Å². The molecular weight excluding hydrogens is 306 g/mol. The topological polar surface area (TPSA) is 58.8 Å². The Hall–Kier alpha value is -0.920. The zero-order chi connectivity index (χ0) is 15.4. The van der Waals surface area contributed by atoms with E-state index in [4.69, 9.17) is 10.5 Å². The molecule has 1 aromatic rings. The lowest BCUT2D eigenvalue weighted by Crippen LogP contribution is -2.28. The van der Waals surface area contributed by atoms with Gasteiger partial charge in [0.2, 0.25) is 0 Å². The molecule has 2 rings (SSSR count). The lowest BCUT2D eigenvalue weighted by atomic mass is 10.3. The Morgan fingerprint density at radius 3 is 2.81 bits per heavy atom. The Kier molecular flexibility index (Phi) is 5.78. The molecule has 2 N–H and O–H groups in total. The van der Waals surface area contributed by atoms with Crippen LogP contribution in [0.1, 0.15) is 23.0 Å². The number of anilines is 2. The van der Waals surface area contributed by atoms with E-state index in [9.17, 15) is 4.79 Å². The Morgan fingerprint density at radius 1 is 1.38 bits per heavy atom. The van der Waals surface area contributed by atoms with E-state index in [0.717, 1.165) is 42.5 Å². The smallest absolute Gasteiger partial charge is 0.350 e. The Balaban J connectivity index is 2.30. The standard InChI is InChI=1S/C14H23N3O2S2/c1-4-19-14(18)12-10(15)11(20-3)13(21-12)17-7-5-6-16(2)8-9-17/h4-9,15H2,1-3H3. The van der Waals surface area contributed by atoms with Crippen LogP contribution < -0.4 is 10.6 Å². The minimum absolute atomic E-state index is 0.312.